The van der Waals surface area contributed by atoms with Gasteiger partial charge in [0.05, 0.1) is 6.54 Å². The molecule has 2 amide bonds. The quantitative estimate of drug-likeness (QED) is 0.847. The summed E-state index contributed by atoms with van der Waals surface area (Å²) in [4.78, 5) is 28.2. The van der Waals surface area contributed by atoms with E-state index >= 15 is 0 Å². The number of likely N-dealkylation sites (tertiary alicyclic amines) is 1. The molecule has 21 heavy (non-hydrogen) atoms. The Morgan fingerprint density at radius 1 is 1.14 bits per heavy atom. The highest BCUT2D eigenvalue weighted by molar-refractivity contribution is 5.86. The SMILES string of the molecule is CC1CC(C)C(C(=O)N(C)CC(=O)N2CCCC2)CC1N. The largest absolute Gasteiger partial charge is 0.341 e. The maximum absolute atomic E-state index is 12.6. The van der Waals surface area contributed by atoms with E-state index in [2.05, 4.69) is 13.8 Å². The molecule has 0 aromatic rings. The maximum Gasteiger partial charge on any atom is 0.242 e. The zero-order valence-corrected chi connectivity index (χ0v) is 13.5. The number of rotatable bonds is 3. The third kappa shape index (κ3) is 3.76. The molecule has 0 spiro atoms. The van der Waals surface area contributed by atoms with Crippen LogP contribution in [-0.2, 0) is 9.59 Å². The number of nitrogens with zero attached hydrogens (tertiary/aromatic N) is 2. The number of carbonyl (C=O) groups is 2. The molecule has 0 bridgehead atoms. The predicted octanol–water partition coefficient (Wildman–Crippen LogP) is 1.08. The van der Waals surface area contributed by atoms with E-state index in [-0.39, 0.29) is 30.3 Å². The normalized spacial score (nSPS) is 33.0. The molecule has 0 aromatic carbocycles. The monoisotopic (exact) mass is 295 g/mol. The van der Waals surface area contributed by atoms with Gasteiger partial charge in [-0.3, -0.25) is 9.59 Å². The fraction of sp³-hybridized carbons (Fsp3) is 0.875. The molecule has 0 radical (unpaired) electrons. The van der Waals surface area contributed by atoms with Gasteiger partial charge >= 0.3 is 0 Å². The van der Waals surface area contributed by atoms with Gasteiger partial charge in [0, 0.05) is 32.1 Å². The third-order valence-corrected chi connectivity index (χ3v) is 5.21. The lowest BCUT2D eigenvalue weighted by atomic mass is 9.72. The van der Waals surface area contributed by atoms with Gasteiger partial charge in [0.15, 0.2) is 0 Å². The fourth-order valence-corrected chi connectivity index (χ4v) is 3.66. The minimum Gasteiger partial charge on any atom is -0.341 e. The third-order valence-electron chi connectivity index (χ3n) is 5.21. The van der Waals surface area contributed by atoms with Crippen LogP contribution in [0.3, 0.4) is 0 Å². The number of hydrogen-bond acceptors (Lipinski definition) is 3. The molecule has 0 aromatic heterocycles. The second-order valence-corrected chi connectivity index (χ2v) is 6.98. The molecule has 4 atom stereocenters. The number of likely N-dealkylation sites (N-methyl/N-ethyl adjacent to an activating group) is 1. The first-order valence-corrected chi connectivity index (χ1v) is 8.18. The standard InChI is InChI=1S/C16H29N3O2/c1-11-8-12(2)14(17)9-13(11)16(21)18(3)10-15(20)19-6-4-5-7-19/h11-14H,4-10,17H2,1-3H3. The molecule has 2 aliphatic rings. The highest BCUT2D eigenvalue weighted by Gasteiger charge is 2.36. The van der Waals surface area contributed by atoms with E-state index in [1.165, 1.54) is 0 Å². The average molecular weight is 295 g/mol. The van der Waals surface area contributed by atoms with Crippen molar-refractivity contribution < 1.29 is 9.59 Å². The first-order valence-electron chi connectivity index (χ1n) is 8.18. The Bertz CT molecular complexity index is 393. The zero-order chi connectivity index (χ0) is 15.6. The van der Waals surface area contributed by atoms with Gasteiger partial charge in [0.1, 0.15) is 0 Å². The number of hydrogen-bond donors (Lipinski definition) is 1. The first-order chi connectivity index (χ1) is 9.90. The van der Waals surface area contributed by atoms with Gasteiger partial charge in [0.2, 0.25) is 11.8 Å². The lowest BCUT2D eigenvalue weighted by Crippen LogP contribution is -2.48. The van der Waals surface area contributed by atoms with E-state index in [0.717, 1.165) is 38.8 Å². The Hall–Kier alpha value is -1.10. The lowest BCUT2D eigenvalue weighted by molar-refractivity contribution is -0.143. The van der Waals surface area contributed by atoms with Crippen molar-refractivity contribution in [3.8, 4) is 0 Å². The Kier molecular flexibility index (Phi) is 5.25. The summed E-state index contributed by atoms with van der Waals surface area (Å²) in [5.74, 6) is 0.937. The summed E-state index contributed by atoms with van der Waals surface area (Å²) >= 11 is 0. The molecule has 1 aliphatic heterocycles. The van der Waals surface area contributed by atoms with E-state index in [1.54, 1.807) is 11.9 Å². The Morgan fingerprint density at radius 3 is 2.38 bits per heavy atom. The van der Waals surface area contributed by atoms with Crippen molar-refractivity contribution in [2.24, 2.45) is 23.5 Å². The van der Waals surface area contributed by atoms with Crippen LogP contribution in [0, 0.1) is 17.8 Å². The molecule has 1 saturated carbocycles. The molecule has 2 N–H and O–H groups in total. The van der Waals surface area contributed by atoms with Gasteiger partial charge in [-0.25, -0.2) is 0 Å². The van der Waals surface area contributed by atoms with Gasteiger partial charge in [-0.15, -0.1) is 0 Å². The number of amides is 2. The van der Waals surface area contributed by atoms with Gasteiger partial charge in [-0.2, -0.15) is 0 Å². The summed E-state index contributed by atoms with van der Waals surface area (Å²) in [7, 11) is 1.74. The number of nitrogens with two attached hydrogens (primary N) is 1. The molecule has 5 nitrogen and oxygen atoms in total. The van der Waals surface area contributed by atoms with Crippen LogP contribution in [-0.4, -0.2) is 54.3 Å². The summed E-state index contributed by atoms with van der Waals surface area (Å²) in [5.41, 5.74) is 6.12. The summed E-state index contributed by atoms with van der Waals surface area (Å²) in [5, 5.41) is 0. The topological polar surface area (TPSA) is 66.6 Å². The second kappa shape index (κ2) is 6.77. The molecule has 1 saturated heterocycles. The highest BCUT2D eigenvalue weighted by Crippen LogP contribution is 2.33. The van der Waals surface area contributed by atoms with Crippen molar-refractivity contribution in [2.45, 2.75) is 45.6 Å². The molecule has 5 heteroatoms. The minimum atomic E-state index is -0.0346. The zero-order valence-electron chi connectivity index (χ0n) is 13.5. The first kappa shape index (κ1) is 16.3. The van der Waals surface area contributed by atoms with Gasteiger partial charge in [-0.05, 0) is 37.5 Å². The summed E-state index contributed by atoms with van der Waals surface area (Å²) in [6, 6.07) is 0.0952. The molecule has 1 aliphatic carbocycles. The van der Waals surface area contributed by atoms with E-state index in [1.807, 2.05) is 4.90 Å². The average Bonchev–Trinajstić information content (AvgIpc) is 2.96. The van der Waals surface area contributed by atoms with Crippen LogP contribution in [0.2, 0.25) is 0 Å². The van der Waals surface area contributed by atoms with Crippen LogP contribution in [0.15, 0.2) is 0 Å². The Balaban J connectivity index is 1.90. The molecule has 120 valence electrons. The molecule has 1 heterocycles. The van der Waals surface area contributed by atoms with Crippen LogP contribution >= 0.6 is 0 Å². The van der Waals surface area contributed by atoms with Crippen LogP contribution in [0.4, 0.5) is 0 Å². The van der Waals surface area contributed by atoms with Crippen molar-refractivity contribution in [2.75, 3.05) is 26.7 Å². The van der Waals surface area contributed by atoms with Crippen molar-refractivity contribution >= 4 is 11.8 Å². The van der Waals surface area contributed by atoms with E-state index in [4.69, 9.17) is 5.73 Å². The van der Waals surface area contributed by atoms with Crippen LogP contribution in [0.5, 0.6) is 0 Å². The second-order valence-electron chi connectivity index (χ2n) is 6.98. The maximum atomic E-state index is 12.6. The van der Waals surface area contributed by atoms with Crippen LogP contribution < -0.4 is 5.73 Å². The molecule has 2 rings (SSSR count). The molecule has 4 unspecified atom stereocenters. The van der Waals surface area contributed by atoms with Crippen molar-refractivity contribution in [1.29, 1.82) is 0 Å². The van der Waals surface area contributed by atoms with Crippen molar-refractivity contribution in [3.05, 3.63) is 0 Å². The molecular weight excluding hydrogens is 266 g/mol. The predicted molar refractivity (Wildman–Crippen MR) is 82.5 cm³/mol. The minimum absolute atomic E-state index is 0.0346. The summed E-state index contributed by atoms with van der Waals surface area (Å²) < 4.78 is 0. The van der Waals surface area contributed by atoms with Crippen molar-refractivity contribution in [1.82, 2.24) is 9.80 Å². The fourth-order valence-electron chi connectivity index (χ4n) is 3.66. The smallest absolute Gasteiger partial charge is 0.242 e. The Labute approximate surface area is 127 Å². The highest BCUT2D eigenvalue weighted by atomic mass is 16.2. The van der Waals surface area contributed by atoms with Crippen molar-refractivity contribution in [3.63, 3.8) is 0 Å². The molecule has 2 fully saturated rings. The number of carbonyl (C=O) groups excluding carboxylic acids is 2. The molecular formula is C16H29N3O2. The lowest BCUT2D eigenvalue weighted by Gasteiger charge is -2.37. The summed E-state index contributed by atoms with van der Waals surface area (Å²) in [6.45, 7) is 6.16. The Morgan fingerprint density at radius 2 is 1.76 bits per heavy atom. The van der Waals surface area contributed by atoms with Gasteiger partial charge in [0.25, 0.3) is 0 Å². The van der Waals surface area contributed by atoms with E-state index < -0.39 is 0 Å². The van der Waals surface area contributed by atoms with E-state index in [9.17, 15) is 9.59 Å². The van der Waals surface area contributed by atoms with Crippen LogP contribution in [0.25, 0.3) is 0 Å². The van der Waals surface area contributed by atoms with Gasteiger partial charge in [-0.1, -0.05) is 13.8 Å². The van der Waals surface area contributed by atoms with E-state index in [0.29, 0.717) is 11.8 Å². The van der Waals surface area contributed by atoms with Crippen LogP contribution in [0.1, 0.15) is 39.5 Å². The van der Waals surface area contributed by atoms with Gasteiger partial charge < -0.3 is 15.5 Å². The summed E-state index contributed by atoms with van der Waals surface area (Å²) in [6.07, 6.45) is 3.89.